The molecule has 0 N–H and O–H groups in total. The van der Waals surface area contributed by atoms with Crippen LogP contribution in [0.25, 0.3) is 0 Å². The Morgan fingerprint density at radius 3 is 0.656 bits per heavy atom. The van der Waals surface area contributed by atoms with Crippen LogP contribution in [0, 0.1) is 0 Å². The molecule has 3 fully saturated rings. The summed E-state index contributed by atoms with van der Waals surface area (Å²) in [5.41, 5.74) is 0. The zero-order chi connectivity index (χ0) is 44.2. The normalized spacial score (nSPS) is 37.6. The van der Waals surface area contributed by atoms with Crippen molar-refractivity contribution in [2.45, 2.75) is 202 Å². The lowest BCUT2D eigenvalue weighted by Crippen LogP contribution is -2.59. The van der Waals surface area contributed by atoms with Crippen molar-refractivity contribution in [3.05, 3.63) is 0 Å². The van der Waals surface area contributed by atoms with Gasteiger partial charge in [-0.05, 0) is 179 Å². The molecule has 3 aliphatic heterocycles. The first-order chi connectivity index (χ1) is 26.2. The lowest BCUT2D eigenvalue weighted by atomic mass is 10.9. The predicted molar refractivity (Wildman–Crippen MR) is 294 cm³/mol. The van der Waals surface area contributed by atoms with E-state index in [1.807, 2.05) is 0 Å². The van der Waals surface area contributed by atoms with Gasteiger partial charge in [-0.2, -0.15) is 0 Å². The van der Waals surface area contributed by atoms with Crippen LogP contribution < -0.4 is 0 Å². The van der Waals surface area contributed by atoms with E-state index in [1.54, 1.807) is 0 Å². The summed E-state index contributed by atoms with van der Waals surface area (Å²) in [6.45, 7) is 44.6. The van der Waals surface area contributed by atoms with E-state index < -0.39 is 142 Å². The smallest absolute Gasteiger partial charge is 0.316 e. The van der Waals surface area contributed by atoms with Gasteiger partial charge in [0, 0.05) is 0 Å². The molecule has 0 amide bonds. The summed E-state index contributed by atoms with van der Waals surface area (Å²) >= 11 is 0. The minimum absolute atomic E-state index is 0. The van der Waals surface area contributed by atoms with E-state index in [-0.39, 0.29) is 22.3 Å². The van der Waals surface area contributed by atoms with Gasteiger partial charge in [-0.1, -0.05) is 22.3 Å². The average Bonchev–Trinajstić information content (AvgIpc) is 2.98. The summed E-state index contributed by atoms with van der Waals surface area (Å²) in [6.07, 6.45) is 0. The molecular formula is C31H96O14Si16. The minimum Gasteiger partial charge on any atom is -0.456 e. The van der Waals surface area contributed by atoms with Crippen LogP contribution >= 0.6 is 0 Å². The maximum Gasteiger partial charge on any atom is 0.316 e. The van der Waals surface area contributed by atoms with Crippen LogP contribution in [0.2, 0.25) is 179 Å². The Hall–Kier alpha value is 2.91. The molecule has 3 heterocycles. The van der Waals surface area contributed by atoms with Crippen LogP contribution in [-0.2, 0) is 57.6 Å². The zero-order valence-corrected chi connectivity index (χ0v) is 57.2. The van der Waals surface area contributed by atoms with E-state index in [1.165, 1.54) is 0 Å². The summed E-state index contributed by atoms with van der Waals surface area (Å²) < 4.78 is 93.0. The molecule has 4 unspecified atom stereocenters. The highest BCUT2D eigenvalue weighted by atomic mass is 28.5. The van der Waals surface area contributed by atoms with Crippen molar-refractivity contribution in [1.29, 1.82) is 0 Å². The SMILES string of the molecule is C.C.C.C[SiH]1O[SiH](C)O[Si](C)(CC[Si](C)(C)O[Si](C)(C)CC[Si]2(C)O[SiH](C)O[Si](C)(CC[Si](C)(C)O[Si](C)(C)CC[Si]3(C)O[SiH](C)O[SiH](C)O[SiH](C)O3)O[SiH](C)O2)O[SiH](C)O1. The maximum atomic E-state index is 7.15. The Bertz CT molecular complexity index is 1170. The van der Waals surface area contributed by atoms with E-state index in [4.69, 9.17) is 57.6 Å². The summed E-state index contributed by atoms with van der Waals surface area (Å²) in [5, 5.41) is 0. The van der Waals surface area contributed by atoms with Crippen LogP contribution in [0.5, 0.6) is 0 Å². The fourth-order valence-electron chi connectivity index (χ4n) is 8.51. The minimum atomic E-state index is -2.54. The largest absolute Gasteiger partial charge is 0.456 e. The Morgan fingerprint density at radius 2 is 0.475 bits per heavy atom. The second kappa shape index (κ2) is 25.7. The summed E-state index contributed by atoms with van der Waals surface area (Å²) in [4.78, 5) is 0. The highest BCUT2D eigenvalue weighted by Gasteiger charge is 2.49. The molecule has 368 valence electrons. The maximum absolute atomic E-state index is 7.15. The first kappa shape index (κ1) is 63.9. The van der Waals surface area contributed by atoms with Crippen LogP contribution in [-0.4, -0.2) is 142 Å². The van der Waals surface area contributed by atoms with Gasteiger partial charge in [0.15, 0.2) is 33.3 Å². The lowest BCUT2D eigenvalue weighted by molar-refractivity contribution is 0.257. The first-order valence-corrected chi connectivity index (χ1v) is 61.0. The Labute approximate surface area is 398 Å². The molecule has 0 radical (unpaired) electrons. The molecular weight excluding hydrogens is 1050 g/mol. The highest BCUT2D eigenvalue weighted by molar-refractivity contribution is 6.91. The fourth-order valence-corrected chi connectivity index (χ4v) is 82.6. The number of rotatable bonds is 16. The quantitative estimate of drug-likeness (QED) is 0.138. The van der Waals surface area contributed by atoms with Gasteiger partial charge in [0.2, 0.25) is 0 Å². The van der Waals surface area contributed by atoms with Crippen LogP contribution in [0.1, 0.15) is 22.3 Å². The zero-order valence-electron chi connectivity index (χ0n) is 40.0. The van der Waals surface area contributed by atoms with E-state index in [0.29, 0.717) is 0 Å². The van der Waals surface area contributed by atoms with Crippen molar-refractivity contribution in [2.75, 3.05) is 0 Å². The van der Waals surface area contributed by atoms with Crippen LogP contribution in [0.15, 0.2) is 0 Å². The Kier molecular flexibility index (Phi) is 26.9. The average molecular weight is 1140 g/mol. The molecule has 0 aromatic heterocycles. The molecule has 0 aliphatic carbocycles. The topological polar surface area (TPSA) is 129 Å². The summed E-state index contributed by atoms with van der Waals surface area (Å²) in [7, 11) is -32.4. The van der Waals surface area contributed by atoms with Gasteiger partial charge < -0.3 is 57.6 Å². The molecule has 0 aromatic carbocycles. The Balaban J connectivity index is 0.0000120. The standard InChI is InChI=1S/C28H84O14Si16.3CH4/c1-43-29-45(3)33-55(17,34-46(4)30-43)25-21-51(9,10)41-53(13,14)23-27-57(19)37-49(7)39-58(20,40-50(8)38-57)28-24-54(15,16)42-52(11,12)22-26-56(18)35-47(5)31-44(2)32-48(6)36-56;;;/h43-50H,21-28H2,1-20H3;3*1H4. The molecule has 0 bridgehead atoms. The van der Waals surface area contributed by atoms with Crippen molar-refractivity contribution in [3.8, 4) is 0 Å². The second-order valence-corrected chi connectivity index (χ2v) is 69.6. The van der Waals surface area contributed by atoms with E-state index in [2.05, 4.69) is 131 Å². The van der Waals surface area contributed by atoms with Gasteiger partial charge in [0.25, 0.3) is 55.7 Å². The Morgan fingerprint density at radius 1 is 0.311 bits per heavy atom. The molecule has 14 nitrogen and oxygen atoms in total. The van der Waals surface area contributed by atoms with Crippen molar-refractivity contribution in [2.24, 2.45) is 0 Å². The van der Waals surface area contributed by atoms with Gasteiger partial charge in [0.1, 0.15) is 0 Å². The van der Waals surface area contributed by atoms with Gasteiger partial charge in [0.05, 0.1) is 0 Å². The van der Waals surface area contributed by atoms with E-state index in [0.717, 1.165) is 48.4 Å². The molecule has 3 saturated heterocycles. The van der Waals surface area contributed by atoms with Gasteiger partial charge in [-0.3, -0.25) is 0 Å². The summed E-state index contributed by atoms with van der Waals surface area (Å²) in [6, 6.07) is 7.62. The molecule has 61 heavy (non-hydrogen) atoms. The number of hydrogen-bond acceptors (Lipinski definition) is 14. The summed E-state index contributed by atoms with van der Waals surface area (Å²) in [5.74, 6) is 0. The molecule has 3 aliphatic rings. The molecule has 3 rings (SSSR count). The molecule has 0 spiro atoms. The van der Waals surface area contributed by atoms with Crippen LogP contribution in [0.3, 0.4) is 0 Å². The van der Waals surface area contributed by atoms with Gasteiger partial charge >= 0.3 is 52.8 Å². The third kappa shape index (κ3) is 23.9. The third-order valence-electron chi connectivity index (χ3n) is 10.7. The fraction of sp³-hybridized carbons (Fsp3) is 1.00. The van der Waals surface area contributed by atoms with Crippen molar-refractivity contribution in [3.63, 3.8) is 0 Å². The predicted octanol–water partition coefficient (Wildman–Crippen LogP) is 8.08. The molecule has 0 saturated carbocycles. The van der Waals surface area contributed by atoms with Crippen LogP contribution in [0.4, 0.5) is 0 Å². The van der Waals surface area contributed by atoms with Crippen molar-refractivity contribution in [1.82, 2.24) is 0 Å². The van der Waals surface area contributed by atoms with E-state index >= 15 is 0 Å². The van der Waals surface area contributed by atoms with Crippen molar-refractivity contribution >= 4 is 142 Å². The highest BCUT2D eigenvalue weighted by Crippen LogP contribution is 2.35. The van der Waals surface area contributed by atoms with Gasteiger partial charge in [-0.25, -0.2) is 0 Å². The monoisotopic (exact) mass is 1140 g/mol. The molecule has 4 atom stereocenters. The molecule has 30 heteroatoms. The van der Waals surface area contributed by atoms with Crippen molar-refractivity contribution < 1.29 is 57.6 Å². The second-order valence-electron chi connectivity index (χ2n) is 19.8. The molecule has 0 aromatic rings. The lowest BCUT2D eigenvalue weighted by Gasteiger charge is -2.44. The van der Waals surface area contributed by atoms with Gasteiger partial charge in [-0.15, -0.1) is 0 Å². The first-order valence-electron chi connectivity index (χ1n) is 21.7. The van der Waals surface area contributed by atoms with E-state index in [9.17, 15) is 0 Å². The third-order valence-corrected chi connectivity index (χ3v) is 70.8. The number of hydrogen-bond donors (Lipinski definition) is 0.